The Morgan fingerprint density at radius 2 is 2.00 bits per heavy atom. The van der Waals surface area contributed by atoms with Crippen LogP contribution in [0.25, 0.3) is 11.3 Å². The summed E-state index contributed by atoms with van der Waals surface area (Å²) in [6.07, 6.45) is 0.603. The Kier molecular flexibility index (Phi) is 4.61. The van der Waals surface area contributed by atoms with E-state index in [0.29, 0.717) is 23.5 Å². The van der Waals surface area contributed by atoms with Gasteiger partial charge in [-0.05, 0) is 24.1 Å². The third-order valence-corrected chi connectivity index (χ3v) is 3.96. The Balaban J connectivity index is 1.87. The molecule has 120 valence electrons. The van der Waals surface area contributed by atoms with Crippen molar-refractivity contribution in [3.05, 3.63) is 76.5 Å². The molecule has 0 saturated carbocycles. The van der Waals surface area contributed by atoms with Gasteiger partial charge in [-0.15, -0.1) is 0 Å². The lowest BCUT2D eigenvalue weighted by Gasteiger charge is -2.08. The fourth-order valence-corrected chi connectivity index (χ4v) is 2.70. The average Bonchev–Trinajstić information content (AvgIpc) is 2.98. The summed E-state index contributed by atoms with van der Waals surface area (Å²) < 4.78 is 13.8. The van der Waals surface area contributed by atoms with Gasteiger partial charge in [0.1, 0.15) is 28.6 Å². The summed E-state index contributed by atoms with van der Waals surface area (Å²) in [5, 5.41) is 9.09. The zero-order valence-electron chi connectivity index (χ0n) is 12.6. The van der Waals surface area contributed by atoms with Crippen LogP contribution in [0.2, 0.25) is 5.15 Å². The molecular formula is C18H14ClFN4. The predicted octanol–water partition coefficient (Wildman–Crippen LogP) is 3.98. The molecule has 0 radical (unpaired) electrons. The van der Waals surface area contributed by atoms with E-state index < -0.39 is 5.82 Å². The first-order valence-electron chi connectivity index (χ1n) is 7.33. The lowest BCUT2D eigenvalue weighted by Crippen LogP contribution is -2.15. The van der Waals surface area contributed by atoms with Crippen molar-refractivity contribution in [2.45, 2.75) is 12.5 Å². The monoisotopic (exact) mass is 340 g/mol. The van der Waals surface area contributed by atoms with Crippen LogP contribution in [0.5, 0.6) is 0 Å². The molecular weight excluding hydrogens is 327 g/mol. The highest BCUT2D eigenvalue weighted by atomic mass is 35.5. The minimum atomic E-state index is -0.607. The van der Waals surface area contributed by atoms with Gasteiger partial charge in [-0.25, -0.2) is 9.37 Å². The van der Waals surface area contributed by atoms with Gasteiger partial charge in [-0.2, -0.15) is 5.26 Å². The topological polar surface area (TPSA) is 78.5 Å². The van der Waals surface area contributed by atoms with E-state index in [2.05, 4.69) is 9.97 Å². The molecule has 1 atom stereocenters. The van der Waals surface area contributed by atoms with E-state index in [9.17, 15) is 4.39 Å². The van der Waals surface area contributed by atoms with Gasteiger partial charge in [-0.1, -0.05) is 48.0 Å². The highest BCUT2D eigenvalue weighted by Gasteiger charge is 2.17. The molecule has 3 rings (SSSR count). The number of nitrogens with two attached hydrogens (primary N) is 1. The summed E-state index contributed by atoms with van der Waals surface area (Å²) in [5.74, 6) is -0.0761. The van der Waals surface area contributed by atoms with Crippen LogP contribution >= 0.6 is 11.6 Å². The summed E-state index contributed by atoms with van der Waals surface area (Å²) in [6.45, 7) is 0. The predicted molar refractivity (Wildman–Crippen MR) is 90.8 cm³/mol. The Bertz CT molecular complexity index is 899. The number of benzene rings is 2. The second-order valence-electron chi connectivity index (χ2n) is 5.39. The largest absolute Gasteiger partial charge is 0.331 e. The normalized spacial score (nSPS) is 11.9. The molecule has 0 fully saturated rings. The Labute approximate surface area is 143 Å². The van der Waals surface area contributed by atoms with Gasteiger partial charge in [0.25, 0.3) is 0 Å². The first-order chi connectivity index (χ1) is 11.6. The molecule has 0 unspecified atom stereocenters. The summed E-state index contributed by atoms with van der Waals surface area (Å²) in [5.41, 5.74) is 8.16. The first kappa shape index (κ1) is 16.2. The molecule has 1 heterocycles. The van der Waals surface area contributed by atoms with E-state index in [1.54, 1.807) is 12.1 Å². The quantitative estimate of drug-likeness (QED) is 0.754. The van der Waals surface area contributed by atoms with Gasteiger partial charge in [0.2, 0.25) is 0 Å². The Morgan fingerprint density at radius 3 is 2.67 bits per heavy atom. The number of imidazole rings is 1. The maximum absolute atomic E-state index is 13.8. The molecule has 6 heteroatoms. The second-order valence-corrected chi connectivity index (χ2v) is 5.77. The minimum absolute atomic E-state index is 0.0218. The van der Waals surface area contributed by atoms with Crippen LogP contribution in [0.1, 0.15) is 23.0 Å². The third kappa shape index (κ3) is 3.30. The van der Waals surface area contributed by atoms with Crippen LogP contribution in [0.15, 0.2) is 48.5 Å². The standard InChI is InChI=1S/C18H14ClFN4/c19-17-16(12-6-7-13(10-21)14(20)9-12)23-18(24-17)15(22)8-11-4-2-1-3-5-11/h1-7,9,15H,8,22H2,(H,23,24)/t15-/m0/s1. The van der Waals surface area contributed by atoms with Crippen LogP contribution in [0.4, 0.5) is 4.39 Å². The number of hydrogen-bond donors (Lipinski definition) is 2. The van der Waals surface area contributed by atoms with Crippen LogP contribution in [0.3, 0.4) is 0 Å². The van der Waals surface area contributed by atoms with E-state index >= 15 is 0 Å². The summed E-state index contributed by atoms with van der Waals surface area (Å²) in [7, 11) is 0. The highest BCUT2D eigenvalue weighted by Crippen LogP contribution is 2.28. The zero-order chi connectivity index (χ0) is 17.1. The summed E-state index contributed by atoms with van der Waals surface area (Å²) >= 11 is 6.19. The van der Waals surface area contributed by atoms with E-state index in [4.69, 9.17) is 22.6 Å². The number of hydrogen-bond acceptors (Lipinski definition) is 3. The van der Waals surface area contributed by atoms with Crippen LogP contribution in [-0.4, -0.2) is 9.97 Å². The van der Waals surface area contributed by atoms with Crippen molar-refractivity contribution in [2.75, 3.05) is 0 Å². The molecule has 0 aliphatic heterocycles. The van der Waals surface area contributed by atoms with E-state index in [1.807, 2.05) is 30.3 Å². The molecule has 2 aromatic carbocycles. The number of rotatable bonds is 4. The number of aromatic nitrogens is 2. The molecule has 3 N–H and O–H groups in total. The lowest BCUT2D eigenvalue weighted by atomic mass is 10.1. The van der Waals surface area contributed by atoms with Gasteiger partial charge in [-0.3, -0.25) is 0 Å². The van der Waals surface area contributed by atoms with Crippen molar-refractivity contribution in [2.24, 2.45) is 5.73 Å². The van der Waals surface area contributed by atoms with Crippen molar-refractivity contribution >= 4 is 11.6 Å². The number of H-pyrrole nitrogens is 1. The molecule has 0 spiro atoms. The van der Waals surface area contributed by atoms with Crippen molar-refractivity contribution in [3.8, 4) is 17.3 Å². The maximum atomic E-state index is 13.8. The molecule has 0 aliphatic carbocycles. The molecule has 24 heavy (non-hydrogen) atoms. The molecule has 0 bridgehead atoms. The van der Waals surface area contributed by atoms with Crippen molar-refractivity contribution in [1.29, 1.82) is 5.26 Å². The maximum Gasteiger partial charge on any atom is 0.141 e. The third-order valence-electron chi connectivity index (χ3n) is 3.69. The molecule has 0 saturated heterocycles. The fourth-order valence-electron chi connectivity index (χ4n) is 2.45. The average molecular weight is 341 g/mol. The van der Waals surface area contributed by atoms with Gasteiger partial charge >= 0.3 is 0 Å². The van der Waals surface area contributed by atoms with Gasteiger partial charge in [0.05, 0.1) is 11.6 Å². The highest BCUT2D eigenvalue weighted by molar-refractivity contribution is 6.31. The smallest absolute Gasteiger partial charge is 0.141 e. The van der Waals surface area contributed by atoms with Crippen LogP contribution in [0, 0.1) is 17.1 Å². The molecule has 0 amide bonds. The van der Waals surface area contributed by atoms with Crippen molar-refractivity contribution in [3.63, 3.8) is 0 Å². The Hall–Kier alpha value is -2.68. The molecule has 3 aromatic rings. The molecule has 4 nitrogen and oxygen atoms in total. The number of aromatic amines is 1. The lowest BCUT2D eigenvalue weighted by molar-refractivity contribution is 0.624. The van der Waals surface area contributed by atoms with E-state index in [0.717, 1.165) is 5.56 Å². The van der Waals surface area contributed by atoms with E-state index in [1.165, 1.54) is 12.1 Å². The van der Waals surface area contributed by atoms with Gasteiger partial charge < -0.3 is 10.7 Å². The van der Waals surface area contributed by atoms with Crippen molar-refractivity contribution < 1.29 is 4.39 Å². The van der Waals surface area contributed by atoms with E-state index in [-0.39, 0.29) is 16.8 Å². The SMILES string of the molecule is N#Cc1ccc(-c2nc([C@@H](N)Cc3ccccc3)[nH]c2Cl)cc1F. The van der Waals surface area contributed by atoms with Crippen molar-refractivity contribution in [1.82, 2.24) is 9.97 Å². The first-order valence-corrected chi connectivity index (χ1v) is 7.71. The summed E-state index contributed by atoms with van der Waals surface area (Å²) in [4.78, 5) is 7.36. The van der Waals surface area contributed by atoms with Crippen LogP contribution < -0.4 is 5.73 Å². The van der Waals surface area contributed by atoms with Crippen LogP contribution in [-0.2, 0) is 6.42 Å². The number of nitriles is 1. The fraction of sp³-hybridized carbons (Fsp3) is 0.111. The molecule has 0 aliphatic rings. The summed E-state index contributed by atoms with van der Waals surface area (Å²) in [6, 6.07) is 15.5. The molecule has 1 aromatic heterocycles. The number of nitrogens with one attached hydrogen (secondary N) is 1. The number of halogens is 2. The zero-order valence-corrected chi connectivity index (χ0v) is 13.4. The van der Waals surface area contributed by atoms with Gasteiger partial charge in [0, 0.05) is 5.56 Å². The Morgan fingerprint density at radius 1 is 1.25 bits per heavy atom. The minimum Gasteiger partial charge on any atom is -0.331 e. The van der Waals surface area contributed by atoms with Gasteiger partial charge in [0.15, 0.2) is 0 Å². The second kappa shape index (κ2) is 6.83. The number of nitrogens with zero attached hydrogens (tertiary/aromatic N) is 2.